The number of hydrogen-bond donors (Lipinski definition) is 0. The van der Waals surface area contributed by atoms with Crippen molar-refractivity contribution >= 4 is 21.8 Å². The molecule has 4 aromatic rings. The lowest BCUT2D eigenvalue weighted by Crippen LogP contribution is -2.08. The van der Waals surface area contributed by atoms with E-state index in [0.717, 1.165) is 33.5 Å². The zero-order valence-corrected chi connectivity index (χ0v) is 19.3. The van der Waals surface area contributed by atoms with Crippen LogP contribution in [0.5, 0.6) is 0 Å². The first-order valence-corrected chi connectivity index (χ1v) is 12.9. The van der Waals surface area contributed by atoms with Gasteiger partial charge in [0.15, 0.2) is 9.84 Å². The van der Waals surface area contributed by atoms with E-state index in [2.05, 4.69) is 9.97 Å². The van der Waals surface area contributed by atoms with Gasteiger partial charge in [-0.15, -0.1) is 0 Å². The summed E-state index contributed by atoms with van der Waals surface area (Å²) in [5, 5.41) is 0. The van der Waals surface area contributed by atoms with Crippen LogP contribution in [0.2, 0.25) is 0 Å². The molecule has 0 aliphatic carbocycles. The van der Waals surface area contributed by atoms with E-state index in [1.165, 1.54) is 30.3 Å². The molecule has 0 saturated carbocycles. The average Bonchev–Trinajstić information content (AvgIpc) is 3.26. The van der Waals surface area contributed by atoms with E-state index in [-0.39, 0.29) is 5.82 Å². The van der Waals surface area contributed by atoms with Gasteiger partial charge < -0.3 is 0 Å². The second-order valence-corrected chi connectivity index (χ2v) is 10.2. The van der Waals surface area contributed by atoms with E-state index in [9.17, 15) is 12.8 Å². The predicted octanol–water partition coefficient (Wildman–Crippen LogP) is 5.41. The monoisotopic (exact) mass is 467 g/mol. The third kappa shape index (κ3) is 4.61. The largest absolute Gasteiger partial charge is 0.272 e. The molecule has 0 N–H and O–H groups in total. The molecule has 0 spiro atoms. The lowest BCUT2D eigenvalue weighted by atomic mass is 9.96. The van der Waals surface area contributed by atoms with Gasteiger partial charge in [-0.3, -0.25) is 8.96 Å². The van der Waals surface area contributed by atoms with E-state index in [1.54, 1.807) is 37.1 Å². The van der Waals surface area contributed by atoms with Crippen LogP contribution in [0.4, 0.5) is 4.39 Å². The lowest BCUT2D eigenvalue weighted by molar-refractivity contribution is 0.600. The lowest BCUT2D eigenvalue weighted by Gasteiger charge is -2.17. The summed E-state index contributed by atoms with van der Waals surface area (Å²) >= 11 is 1.47. The Morgan fingerprint density at radius 1 is 0.969 bits per heavy atom. The molecule has 0 aliphatic rings. The van der Waals surface area contributed by atoms with E-state index in [1.807, 2.05) is 35.2 Å². The first-order valence-electron chi connectivity index (χ1n) is 10.0. The normalized spacial score (nSPS) is 11.6. The van der Waals surface area contributed by atoms with Crippen LogP contribution in [0, 0.1) is 5.82 Å². The molecule has 0 unspecified atom stereocenters. The zero-order valence-electron chi connectivity index (χ0n) is 17.7. The average molecular weight is 468 g/mol. The summed E-state index contributed by atoms with van der Waals surface area (Å²) in [5.41, 5.74) is 4.97. The van der Waals surface area contributed by atoms with Crippen LogP contribution in [0.15, 0.2) is 78.3 Å². The zero-order chi connectivity index (χ0) is 22.7. The highest BCUT2D eigenvalue weighted by Gasteiger charge is 2.21. The maximum absolute atomic E-state index is 13.4. The summed E-state index contributed by atoms with van der Waals surface area (Å²) in [5.74, 6) is 0.126. The maximum Gasteiger partial charge on any atom is 0.176 e. The van der Waals surface area contributed by atoms with Gasteiger partial charge in [-0.2, -0.15) is 0 Å². The van der Waals surface area contributed by atoms with Crippen molar-refractivity contribution in [3.8, 4) is 22.4 Å². The Balaban J connectivity index is 1.73. The van der Waals surface area contributed by atoms with Crippen molar-refractivity contribution < 1.29 is 12.8 Å². The van der Waals surface area contributed by atoms with Crippen LogP contribution in [-0.2, 0) is 22.0 Å². The molecule has 32 heavy (non-hydrogen) atoms. The molecular formula is C24H22FN3O2S2. The van der Waals surface area contributed by atoms with Crippen molar-refractivity contribution in [2.24, 2.45) is 0 Å². The highest BCUT2D eigenvalue weighted by molar-refractivity contribution is 7.97. The number of halogens is 1. The number of nitrogens with zero attached hydrogens (tertiary/aromatic N) is 3. The Morgan fingerprint density at radius 2 is 1.69 bits per heavy atom. The van der Waals surface area contributed by atoms with Crippen LogP contribution in [0.25, 0.3) is 22.4 Å². The number of rotatable bonds is 7. The number of sulfone groups is 1. The number of imidazole rings is 1. The van der Waals surface area contributed by atoms with E-state index in [0.29, 0.717) is 17.1 Å². The van der Waals surface area contributed by atoms with Gasteiger partial charge in [-0.25, -0.2) is 17.8 Å². The van der Waals surface area contributed by atoms with Crippen molar-refractivity contribution in [3.05, 3.63) is 90.4 Å². The summed E-state index contributed by atoms with van der Waals surface area (Å²) in [6, 6.07) is 13.7. The van der Waals surface area contributed by atoms with Gasteiger partial charge >= 0.3 is 0 Å². The molecule has 2 heterocycles. The topological polar surface area (TPSA) is 64.8 Å². The van der Waals surface area contributed by atoms with E-state index in [4.69, 9.17) is 0 Å². The molecule has 2 aromatic carbocycles. The fourth-order valence-corrected chi connectivity index (χ4v) is 6.09. The molecule has 0 atom stereocenters. The van der Waals surface area contributed by atoms with Gasteiger partial charge in [-0.1, -0.05) is 31.2 Å². The molecule has 0 amide bonds. The predicted molar refractivity (Wildman–Crippen MR) is 126 cm³/mol. The number of pyridine rings is 1. The Labute approximate surface area is 191 Å². The molecular weight excluding hydrogens is 445 g/mol. The molecule has 5 nitrogen and oxygen atoms in total. The Hall–Kier alpha value is -2.97. The van der Waals surface area contributed by atoms with Gasteiger partial charge in [0.05, 0.1) is 16.8 Å². The number of hydrogen-bond acceptors (Lipinski definition) is 5. The molecule has 164 valence electrons. The van der Waals surface area contributed by atoms with Gasteiger partial charge in [0.25, 0.3) is 0 Å². The molecule has 0 fully saturated rings. The SMILES string of the molecule is CCc1c(-c2ccc(F)cc2)ccc(CSn2cncc2-c2ccncc2)c1S(C)(=O)=O. The molecule has 0 radical (unpaired) electrons. The quantitative estimate of drug-likeness (QED) is 0.363. The van der Waals surface area contributed by atoms with Crippen molar-refractivity contribution in [3.63, 3.8) is 0 Å². The first-order chi connectivity index (χ1) is 15.4. The molecule has 0 aliphatic heterocycles. The van der Waals surface area contributed by atoms with Crippen LogP contribution in [0.1, 0.15) is 18.1 Å². The summed E-state index contributed by atoms with van der Waals surface area (Å²) in [7, 11) is -3.49. The van der Waals surface area contributed by atoms with Gasteiger partial charge in [0, 0.05) is 30.0 Å². The Morgan fingerprint density at radius 3 is 2.34 bits per heavy atom. The standard InChI is InChI=1S/C24H22FN3O2S2/c1-3-21-22(17-4-7-20(25)8-5-17)9-6-19(24(21)32(2,29)30)15-31-28-16-27-14-23(28)18-10-12-26-13-11-18/h4-14,16H,3,15H2,1-2H3. The van der Waals surface area contributed by atoms with Crippen LogP contribution in [-0.4, -0.2) is 28.6 Å². The highest BCUT2D eigenvalue weighted by Crippen LogP contribution is 2.34. The molecule has 0 bridgehead atoms. The second kappa shape index (κ2) is 9.26. The van der Waals surface area contributed by atoms with Crippen molar-refractivity contribution in [2.45, 2.75) is 24.0 Å². The molecule has 0 saturated heterocycles. The molecule has 8 heteroatoms. The van der Waals surface area contributed by atoms with Gasteiger partial charge in [0.2, 0.25) is 0 Å². The third-order valence-corrected chi connectivity index (χ3v) is 7.42. The summed E-state index contributed by atoms with van der Waals surface area (Å²) < 4.78 is 41.0. The minimum Gasteiger partial charge on any atom is -0.272 e. The number of aromatic nitrogens is 3. The minimum atomic E-state index is -3.49. The maximum atomic E-state index is 13.4. The van der Waals surface area contributed by atoms with Crippen LogP contribution >= 0.6 is 11.9 Å². The van der Waals surface area contributed by atoms with Crippen molar-refractivity contribution in [2.75, 3.05) is 6.26 Å². The smallest absolute Gasteiger partial charge is 0.176 e. The Kier molecular flexibility index (Phi) is 6.43. The molecule has 4 rings (SSSR count). The summed E-state index contributed by atoms with van der Waals surface area (Å²) in [6.07, 6.45) is 8.72. The number of benzene rings is 2. The summed E-state index contributed by atoms with van der Waals surface area (Å²) in [4.78, 5) is 8.65. The fraction of sp³-hybridized carbons (Fsp3) is 0.167. The highest BCUT2D eigenvalue weighted by atomic mass is 32.2. The summed E-state index contributed by atoms with van der Waals surface area (Å²) in [6.45, 7) is 1.94. The third-order valence-electron chi connectivity index (χ3n) is 5.16. The van der Waals surface area contributed by atoms with Crippen LogP contribution < -0.4 is 0 Å². The van der Waals surface area contributed by atoms with Gasteiger partial charge in [-0.05, 0) is 64.9 Å². The fourth-order valence-electron chi connectivity index (χ4n) is 3.75. The second-order valence-electron chi connectivity index (χ2n) is 7.33. The van der Waals surface area contributed by atoms with E-state index >= 15 is 0 Å². The molecule has 2 aromatic heterocycles. The van der Waals surface area contributed by atoms with Crippen molar-refractivity contribution in [1.29, 1.82) is 0 Å². The minimum absolute atomic E-state index is 0.325. The van der Waals surface area contributed by atoms with Gasteiger partial charge in [0.1, 0.15) is 12.1 Å². The van der Waals surface area contributed by atoms with E-state index < -0.39 is 9.84 Å². The first kappa shape index (κ1) is 22.2. The van der Waals surface area contributed by atoms with Crippen LogP contribution in [0.3, 0.4) is 0 Å². The van der Waals surface area contributed by atoms with Crippen molar-refractivity contribution in [1.82, 2.24) is 13.9 Å². The Bertz CT molecular complexity index is 1340.